The summed E-state index contributed by atoms with van der Waals surface area (Å²) in [6.45, 7) is 4.38. The summed E-state index contributed by atoms with van der Waals surface area (Å²) in [5.74, 6) is 0.125. The number of hydrogen-bond donors (Lipinski definition) is 4. The third-order valence-corrected chi connectivity index (χ3v) is 4.57. The molecule has 0 saturated heterocycles. The van der Waals surface area contributed by atoms with Crippen LogP contribution < -0.4 is 14.8 Å². The minimum absolute atomic E-state index is 0.0148. The van der Waals surface area contributed by atoms with E-state index in [9.17, 15) is 18.6 Å². The number of nitrogens with one attached hydrogen (secondary N) is 2. The molecule has 2 rings (SSSR count). The standard InChI is InChI=1S/C19H26N2O5S/c1-19(2,14-7-5-4-6-8-14)20-12-15(22)13-26-16-9-10-18(23)17(11-16)21-27(3,24)25/h4-11,15,20-23H,12-13H2,1-3H3. The zero-order chi connectivity index (χ0) is 20.1. The number of hydrogen-bond acceptors (Lipinski definition) is 6. The Morgan fingerprint density at radius 3 is 2.44 bits per heavy atom. The lowest BCUT2D eigenvalue weighted by molar-refractivity contribution is 0.0987. The highest BCUT2D eigenvalue weighted by atomic mass is 32.2. The number of sulfonamides is 1. The topological polar surface area (TPSA) is 108 Å². The van der Waals surface area contributed by atoms with Gasteiger partial charge in [-0.1, -0.05) is 30.3 Å². The Hall–Kier alpha value is -2.29. The molecule has 0 aromatic heterocycles. The van der Waals surface area contributed by atoms with E-state index in [1.807, 2.05) is 44.2 Å². The molecule has 0 fully saturated rings. The Morgan fingerprint density at radius 2 is 1.81 bits per heavy atom. The molecule has 0 heterocycles. The van der Waals surface area contributed by atoms with E-state index in [1.54, 1.807) is 0 Å². The number of aromatic hydroxyl groups is 1. The van der Waals surface area contributed by atoms with Gasteiger partial charge in [-0.05, 0) is 31.5 Å². The van der Waals surface area contributed by atoms with Crippen LogP contribution >= 0.6 is 0 Å². The molecule has 0 bridgehead atoms. The summed E-state index contributed by atoms with van der Waals surface area (Å²) in [6.07, 6.45) is 0.220. The van der Waals surface area contributed by atoms with Crippen molar-refractivity contribution in [3.05, 3.63) is 54.1 Å². The molecule has 0 spiro atoms. The minimum Gasteiger partial charge on any atom is -0.506 e. The lowest BCUT2D eigenvalue weighted by Crippen LogP contribution is -2.42. The molecule has 2 aromatic carbocycles. The molecule has 1 unspecified atom stereocenters. The van der Waals surface area contributed by atoms with Gasteiger partial charge in [0.15, 0.2) is 0 Å². The first kappa shape index (κ1) is 21.0. The fourth-order valence-corrected chi connectivity index (χ4v) is 3.03. The summed E-state index contributed by atoms with van der Waals surface area (Å²) in [5, 5.41) is 23.2. The molecule has 1 atom stereocenters. The smallest absolute Gasteiger partial charge is 0.229 e. The normalized spacial score (nSPS) is 13.2. The Morgan fingerprint density at radius 1 is 1.15 bits per heavy atom. The molecule has 0 aliphatic heterocycles. The molecule has 0 aliphatic rings. The monoisotopic (exact) mass is 394 g/mol. The molecule has 7 nitrogen and oxygen atoms in total. The summed E-state index contributed by atoms with van der Waals surface area (Å²) >= 11 is 0. The number of rotatable bonds is 9. The minimum atomic E-state index is -3.52. The molecule has 0 radical (unpaired) electrons. The summed E-state index contributed by atoms with van der Waals surface area (Å²) in [5.41, 5.74) is 0.814. The maximum atomic E-state index is 11.3. The number of phenols is 1. The van der Waals surface area contributed by atoms with Crippen molar-refractivity contribution < 1.29 is 23.4 Å². The van der Waals surface area contributed by atoms with Gasteiger partial charge in [0.2, 0.25) is 10.0 Å². The van der Waals surface area contributed by atoms with E-state index in [1.165, 1.54) is 18.2 Å². The molecule has 27 heavy (non-hydrogen) atoms. The van der Waals surface area contributed by atoms with E-state index in [-0.39, 0.29) is 23.6 Å². The molecule has 0 saturated carbocycles. The first-order valence-electron chi connectivity index (χ1n) is 8.49. The quantitative estimate of drug-likeness (QED) is 0.485. The van der Waals surface area contributed by atoms with Crippen LogP contribution in [0.4, 0.5) is 5.69 Å². The third-order valence-electron chi connectivity index (χ3n) is 3.98. The van der Waals surface area contributed by atoms with Gasteiger partial charge in [0.25, 0.3) is 0 Å². The lowest BCUT2D eigenvalue weighted by atomic mass is 9.94. The van der Waals surface area contributed by atoms with Crippen LogP contribution in [-0.2, 0) is 15.6 Å². The van der Waals surface area contributed by atoms with Crippen LogP contribution in [0.1, 0.15) is 19.4 Å². The zero-order valence-electron chi connectivity index (χ0n) is 15.6. The van der Waals surface area contributed by atoms with Crippen LogP contribution in [0.3, 0.4) is 0 Å². The van der Waals surface area contributed by atoms with Crippen molar-refractivity contribution in [1.29, 1.82) is 0 Å². The van der Waals surface area contributed by atoms with Gasteiger partial charge >= 0.3 is 0 Å². The van der Waals surface area contributed by atoms with Crippen LogP contribution in [0.15, 0.2) is 48.5 Å². The fraction of sp³-hybridized carbons (Fsp3) is 0.368. The molecule has 0 amide bonds. The van der Waals surface area contributed by atoms with Crippen LogP contribution in [-0.4, -0.2) is 44.1 Å². The zero-order valence-corrected chi connectivity index (χ0v) is 16.5. The predicted molar refractivity (Wildman–Crippen MR) is 106 cm³/mol. The highest BCUT2D eigenvalue weighted by molar-refractivity contribution is 7.92. The number of aliphatic hydroxyl groups excluding tert-OH is 1. The van der Waals surface area contributed by atoms with Crippen molar-refractivity contribution in [2.24, 2.45) is 0 Å². The van der Waals surface area contributed by atoms with Crippen LogP contribution in [0.5, 0.6) is 11.5 Å². The third kappa shape index (κ3) is 6.74. The highest BCUT2D eigenvalue weighted by Crippen LogP contribution is 2.28. The Bertz CT molecular complexity index is 854. The maximum Gasteiger partial charge on any atom is 0.229 e. The first-order valence-corrected chi connectivity index (χ1v) is 10.4. The van der Waals surface area contributed by atoms with Gasteiger partial charge in [-0.3, -0.25) is 4.72 Å². The molecule has 0 aliphatic carbocycles. The van der Waals surface area contributed by atoms with Gasteiger partial charge in [0.05, 0.1) is 11.9 Å². The number of aliphatic hydroxyl groups is 1. The predicted octanol–water partition coefficient (Wildman–Crippen LogP) is 2.03. The van der Waals surface area contributed by atoms with Crippen molar-refractivity contribution in [3.8, 4) is 11.5 Å². The van der Waals surface area contributed by atoms with Gasteiger partial charge in [0, 0.05) is 18.2 Å². The van der Waals surface area contributed by atoms with Crippen LogP contribution in [0.2, 0.25) is 0 Å². The van der Waals surface area contributed by atoms with Crippen molar-refractivity contribution in [1.82, 2.24) is 5.32 Å². The Kier molecular flexibility index (Phi) is 6.69. The summed E-state index contributed by atoms with van der Waals surface area (Å²) in [6, 6.07) is 14.1. The fourth-order valence-electron chi connectivity index (χ4n) is 2.47. The average molecular weight is 394 g/mol. The van der Waals surface area contributed by atoms with Gasteiger partial charge in [-0.25, -0.2) is 8.42 Å². The summed E-state index contributed by atoms with van der Waals surface area (Å²) < 4.78 is 30.4. The van der Waals surface area contributed by atoms with E-state index in [0.717, 1.165) is 11.8 Å². The number of anilines is 1. The second-order valence-corrected chi connectivity index (χ2v) is 8.64. The van der Waals surface area contributed by atoms with Crippen molar-refractivity contribution in [2.45, 2.75) is 25.5 Å². The Balaban J connectivity index is 1.90. The first-order chi connectivity index (χ1) is 12.6. The van der Waals surface area contributed by atoms with Gasteiger partial charge < -0.3 is 20.3 Å². The van der Waals surface area contributed by atoms with Crippen LogP contribution in [0.25, 0.3) is 0 Å². The number of ether oxygens (including phenoxy) is 1. The van der Waals surface area contributed by atoms with Gasteiger partial charge in [-0.2, -0.15) is 0 Å². The lowest BCUT2D eigenvalue weighted by Gasteiger charge is -2.28. The number of benzene rings is 2. The van der Waals surface area contributed by atoms with E-state index in [2.05, 4.69) is 10.0 Å². The van der Waals surface area contributed by atoms with Gasteiger partial charge in [0.1, 0.15) is 24.2 Å². The van der Waals surface area contributed by atoms with Crippen molar-refractivity contribution in [2.75, 3.05) is 24.1 Å². The van der Waals surface area contributed by atoms with E-state index in [0.29, 0.717) is 12.3 Å². The van der Waals surface area contributed by atoms with Crippen molar-refractivity contribution in [3.63, 3.8) is 0 Å². The summed E-state index contributed by atoms with van der Waals surface area (Å²) in [7, 11) is -3.52. The largest absolute Gasteiger partial charge is 0.506 e. The molecule has 4 N–H and O–H groups in total. The van der Waals surface area contributed by atoms with Crippen molar-refractivity contribution >= 4 is 15.7 Å². The summed E-state index contributed by atoms with van der Waals surface area (Å²) in [4.78, 5) is 0. The second-order valence-electron chi connectivity index (χ2n) is 6.89. The average Bonchev–Trinajstić information content (AvgIpc) is 2.60. The van der Waals surface area contributed by atoms with Crippen LogP contribution in [0, 0.1) is 0 Å². The molecule has 148 valence electrons. The number of phenolic OH excluding ortho intramolecular Hbond substituents is 1. The maximum absolute atomic E-state index is 11.3. The van der Waals surface area contributed by atoms with E-state index >= 15 is 0 Å². The SMILES string of the molecule is CC(C)(NCC(O)COc1ccc(O)c(NS(C)(=O)=O)c1)c1ccccc1. The van der Waals surface area contributed by atoms with Gasteiger partial charge in [-0.15, -0.1) is 0 Å². The molecular weight excluding hydrogens is 368 g/mol. The molecular formula is C19H26N2O5S. The second kappa shape index (κ2) is 8.60. The molecule has 8 heteroatoms. The Labute approximate surface area is 160 Å². The highest BCUT2D eigenvalue weighted by Gasteiger charge is 2.20. The van der Waals surface area contributed by atoms with E-state index < -0.39 is 16.1 Å². The molecule has 2 aromatic rings. The van der Waals surface area contributed by atoms with E-state index in [4.69, 9.17) is 4.74 Å².